The van der Waals surface area contributed by atoms with Crippen molar-refractivity contribution in [3.8, 4) is 5.75 Å². The zero-order valence-electron chi connectivity index (χ0n) is 9.86. The second-order valence-electron chi connectivity index (χ2n) is 3.92. The Morgan fingerprint density at radius 3 is 2.29 bits per heavy atom. The van der Waals surface area contributed by atoms with Crippen LogP contribution in [-0.4, -0.2) is 24.4 Å². The van der Waals surface area contributed by atoms with Gasteiger partial charge in [0.2, 0.25) is 0 Å². The molecule has 3 nitrogen and oxygen atoms in total. The minimum atomic E-state index is -2.80. The van der Waals surface area contributed by atoms with E-state index in [2.05, 4.69) is 10.1 Å². The van der Waals surface area contributed by atoms with E-state index in [1.807, 2.05) is 13.8 Å². The number of rotatable bonds is 6. The van der Waals surface area contributed by atoms with Gasteiger partial charge in [0.15, 0.2) is 0 Å². The summed E-state index contributed by atoms with van der Waals surface area (Å²) in [7, 11) is 0. The van der Waals surface area contributed by atoms with Gasteiger partial charge in [-0.1, -0.05) is 12.1 Å². The summed E-state index contributed by atoms with van der Waals surface area (Å²) >= 11 is 0. The normalized spacial score (nSPS) is 14.7. The van der Waals surface area contributed by atoms with Gasteiger partial charge >= 0.3 is 6.61 Å². The second kappa shape index (κ2) is 6.51. The van der Waals surface area contributed by atoms with Gasteiger partial charge in [0.1, 0.15) is 5.75 Å². The summed E-state index contributed by atoms with van der Waals surface area (Å²) in [6, 6.07) is 6.48. The van der Waals surface area contributed by atoms with Crippen LogP contribution in [-0.2, 0) is 0 Å². The highest BCUT2D eigenvalue weighted by Gasteiger charge is 2.09. The standard InChI is InChI=1S/C12H17F2NO2/c1-8(7-16)15-9(2)10-3-5-11(6-4-10)17-12(13)14/h3-6,8-9,12,15-16H,7H2,1-2H3/t8-,9?/m1/s1. The third-order valence-corrected chi connectivity index (χ3v) is 2.41. The highest BCUT2D eigenvalue weighted by Crippen LogP contribution is 2.19. The Kier molecular flexibility index (Phi) is 5.31. The number of alkyl halides is 2. The van der Waals surface area contributed by atoms with Crippen LogP contribution in [0.15, 0.2) is 24.3 Å². The summed E-state index contributed by atoms with van der Waals surface area (Å²) < 4.78 is 28.1. The highest BCUT2D eigenvalue weighted by atomic mass is 19.3. The summed E-state index contributed by atoms with van der Waals surface area (Å²) in [5.74, 6) is 0.145. The number of nitrogens with one attached hydrogen (secondary N) is 1. The van der Waals surface area contributed by atoms with Crippen molar-refractivity contribution in [3.63, 3.8) is 0 Å². The van der Waals surface area contributed by atoms with Crippen LogP contribution < -0.4 is 10.1 Å². The lowest BCUT2D eigenvalue weighted by Gasteiger charge is -2.18. The van der Waals surface area contributed by atoms with Crippen molar-refractivity contribution < 1.29 is 18.6 Å². The van der Waals surface area contributed by atoms with E-state index in [1.165, 1.54) is 12.1 Å². The third-order valence-electron chi connectivity index (χ3n) is 2.41. The Bertz CT molecular complexity index is 330. The van der Waals surface area contributed by atoms with Gasteiger partial charge in [0.05, 0.1) is 6.61 Å². The van der Waals surface area contributed by atoms with Crippen molar-refractivity contribution >= 4 is 0 Å². The van der Waals surface area contributed by atoms with Gasteiger partial charge < -0.3 is 15.2 Å². The molecule has 0 saturated heterocycles. The molecule has 0 amide bonds. The molecule has 1 aromatic carbocycles. The molecule has 0 saturated carbocycles. The maximum absolute atomic E-state index is 11.9. The second-order valence-corrected chi connectivity index (χ2v) is 3.92. The van der Waals surface area contributed by atoms with Gasteiger partial charge in [-0.3, -0.25) is 0 Å². The molecule has 0 spiro atoms. The average molecular weight is 245 g/mol. The summed E-state index contributed by atoms with van der Waals surface area (Å²) in [4.78, 5) is 0. The fraction of sp³-hybridized carbons (Fsp3) is 0.500. The maximum atomic E-state index is 11.9. The molecule has 5 heteroatoms. The van der Waals surface area contributed by atoms with Gasteiger partial charge in [0.25, 0.3) is 0 Å². The molecule has 17 heavy (non-hydrogen) atoms. The molecular formula is C12H17F2NO2. The first-order valence-electron chi connectivity index (χ1n) is 5.44. The van der Waals surface area contributed by atoms with Gasteiger partial charge in [-0.25, -0.2) is 0 Å². The molecule has 1 aromatic rings. The molecule has 0 heterocycles. The number of aliphatic hydroxyl groups is 1. The van der Waals surface area contributed by atoms with Crippen molar-refractivity contribution in [3.05, 3.63) is 29.8 Å². The molecule has 1 unspecified atom stereocenters. The minimum Gasteiger partial charge on any atom is -0.435 e. The molecule has 0 radical (unpaired) electrons. The van der Waals surface area contributed by atoms with E-state index in [1.54, 1.807) is 12.1 Å². The van der Waals surface area contributed by atoms with E-state index in [0.29, 0.717) is 0 Å². The lowest BCUT2D eigenvalue weighted by Crippen LogP contribution is -2.31. The summed E-state index contributed by atoms with van der Waals surface area (Å²) in [5, 5.41) is 12.1. The number of ether oxygens (including phenoxy) is 1. The first kappa shape index (κ1) is 13.9. The number of hydrogen-bond acceptors (Lipinski definition) is 3. The number of hydrogen-bond donors (Lipinski definition) is 2. The Morgan fingerprint density at radius 2 is 1.82 bits per heavy atom. The smallest absolute Gasteiger partial charge is 0.387 e. The topological polar surface area (TPSA) is 41.5 Å². The lowest BCUT2D eigenvalue weighted by molar-refractivity contribution is -0.0498. The van der Waals surface area contributed by atoms with Crippen molar-refractivity contribution in [1.29, 1.82) is 0 Å². The van der Waals surface area contributed by atoms with Crippen molar-refractivity contribution in [2.75, 3.05) is 6.61 Å². The van der Waals surface area contributed by atoms with Gasteiger partial charge in [-0.15, -0.1) is 0 Å². The Morgan fingerprint density at radius 1 is 1.24 bits per heavy atom. The van der Waals surface area contributed by atoms with Crippen LogP contribution >= 0.6 is 0 Å². The Labute approximate surface area is 99.4 Å². The van der Waals surface area contributed by atoms with E-state index >= 15 is 0 Å². The largest absolute Gasteiger partial charge is 0.435 e. The molecule has 96 valence electrons. The molecule has 0 aliphatic rings. The Balaban J connectivity index is 2.60. The predicted octanol–water partition coefficient (Wildman–Crippen LogP) is 2.32. The number of halogens is 2. The molecule has 0 aromatic heterocycles. The fourth-order valence-corrected chi connectivity index (χ4v) is 1.51. The van der Waals surface area contributed by atoms with Gasteiger partial charge in [-0.05, 0) is 31.5 Å². The third kappa shape index (κ3) is 4.66. The number of benzene rings is 1. The van der Waals surface area contributed by atoms with Crippen molar-refractivity contribution in [2.24, 2.45) is 0 Å². The highest BCUT2D eigenvalue weighted by molar-refractivity contribution is 5.29. The Hall–Kier alpha value is -1.20. The summed E-state index contributed by atoms with van der Waals surface area (Å²) in [6.45, 7) is 1.06. The van der Waals surface area contributed by atoms with Crippen LogP contribution in [0.2, 0.25) is 0 Å². The van der Waals surface area contributed by atoms with Gasteiger partial charge in [-0.2, -0.15) is 8.78 Å². The summed E-state index contributed by atoms with van der Waals surface area (Å²) in [6.07, 6.45) is 0. The van der Waals surface area contributed by atoms with Crippen molar-refractivity contribution in [1.82, 2.24) is 5.32 Å². The van der Waals surface area contributed by atoms with Crippen LogP contribution in [0.4, 0.5) is 8.78 Å². The monoisotopic (exact) mass is 245 g/mol. The molecule has 0 bridgehead atoms. The zero-order chi connectivity index (χ0) is 12.8. The quantitative estimate of drug-likeness (QED) is 0.808. The molecule has 2 N–H and O–H groups in total. The first-order valence-corrected chi connectivity index (χ1v) is 5.44. The maximum Gasteiger partial charge on any atom is 0.387 e. The van der Waals surface area contributed by atoms with E-state index in [4.69, 9.17) is 5.11 Å². The van der Waals surface area contributed by atoms with Crippen LogP contribution in [0.5, 0.6) is 5.75 Å². The van der Waals surface area contributed by atoms with Crippen molar-refractivity contribution in [2.45, 2.75) is 32.5 Å². The summed E-state index contributed by atoms with van der Waals surface area (Å²) in [5.41, 5.74) is 0.951. The van der Waals surface area contributed by atoms with E-state index in [0.717, 1.165) is 5.56 Å². The zero-order valence-corrected chi connectivity index (χ0v) is 9.86. The number of aliphatic hydroxyl groups excluding tert-OH is 1. The molecule has 2 atom stereocenters. The molecule has 0 aliphatic carbocycles. The molecule has 1 rings (SSSR count). The molecule has 0 fully saturated rings. The molecular weight excluding hydrogens is 228 g/mol. The predicted molar refractivity (Wildman–Crippen MR) is 61.2 cm³/mol. The van der Waals surface area contributed by atoms with Gasteiger partial charge in [0, 0.05) is 12.1 Å². The molecule has 0 aliphatic heterocycles. The fourth-order valence-electron chi connectivity index (χ4n) is 1.51. The van der Waals surface area contributed by atoms with E-state index in [9.17, 15) is 8.78 Å². The van der Waals surface area contributed by atoms with E-state index < -0.39 is 6.61 Å². The SMILES string of the molecule is CC(N[C@H](C)CO)c1ccc(OC(F)F)cc1. The van der Waals surface area contributed by atoms with Crippen LogP contribution in [0.25, 0.3) is 0 Å². The van der Waals surface area contributed by atoms with Crippen LogP contribution in [0.1, 0.15) is 25.5 Å². The lowest BCUT2D eigenvalue weighted by atomic mass is 10.1. The van der Waals surface area contributed by atoms with Crippen LogP contribution in [0.3, 0.4) is 0 Å². The average Bonchev–Trinajstić information content (AvgIpc) is 2.28. The minimum absolute atomic E-state index is 0.0120. The van der Waals surface area contributed by atoms with E-state index in [-0.39, 0.29) is 24.4 Å². The van der Waals surface area contributed by atoms with Crippen LogP contribution in [0, 0.1) is 0 Å². The first-order chi connectivity index (χ1) is 8.02.